The van der Waals surface area contributed by atoms with Gasteiger partial charge < -0.3 is 15.1 Å². The molecule has 2 aromatic rings. The Morgan fingerprint density at radius 1 is 1.04 bits per heavy atom. The molecular weight excluding hydrogens is 412 g/mol. The fraction of sp³-hybridized carbons (Fsp3) is 0.278. The number of hydrogen-bond acceptors (Lipinski definition) is 4. The van der Waals surface area contributed by atoms with Gasteiger partial charge in [-0.2, -0.15) is 8.78 Å². The van der Waals surface area contributed by atoms with Crippen LogP contribution in [-0.2, 0) is 9.84 Å². The number of nitrogens with zero attached hydrogens (tertiary/aromatic N) is 2. The number of anilines is 2. The van der Waals surface area contributed by atoms with Gasteiger partial charge in [-0.15, -0.1) is 0 Å². The van der Waals surface area contributed by atoms with Crippen LogP contribution >= 0.6 is 11.6 Å². The summed E-state index contributed by atoms with van der Waals surface area (Å²) in [5, 5.41) is 3.20. The van der Waals surface area contributed by atoms with E-state index >= 15 is 0 Å². The molecule has 2 aromatic carbocycles. The smallest absolute Gasteiger partial charge is 0.341 e. The fourth-order valence-electron chi connectivity index (χ4n) is 2.90. The number of sulfone groups is 1. The highest BCUT2D eigenvalue weighted by Crippen LogP contribution is 2.23. The number of nitrogens with one attached hydrogen (secondary N) is 1. The van der Waals surface area contributed by atoms with E-state index in [0.717, 1.165) is 17.8 Å². The lowest BCUT2D eigenvalue weighted by Crippen LogP contribution is -2.50. The molecule has 0 atom stereocenters. The van der Waals surface area contributed by atoms with Crippen molar-refractivity contribution in [2.75, 3.05) is 36.4 Å². The molecular formula is C18H18ClF2N3O3S. The SMILES string of the molecule is O=C(Nc1cccc(S(=O)(=O)C(F)F)c1)N1CCN(c2cccc(Cl)c2)CC1. The largest absolute Gasteiger partial charge is 0.368 e. The van der Waals surface area contributed by atoms with Crippen molar-refractivity contribution < 1.29 is 22.0 Å². The normalized spacial score (nSPS) is 15.0. The minimum atomic E-state index is -4.72. The van der Waals surface area contributed by atoms with Gasteiger partial charge >= 0.3 is 11.8 Å². The first-order chi connectivity index (χ1) is 13.3. The van der Waals surface area contributed by atoms with Gasteiger partial charge in [-0.25, -0.2) is 13.2 Å². The first kappa shape index (κ1) is 20.3. The number of urea groups is 1. The topological polar surface area (TPSA) is 69.7 Å². The molecule has 1 aliphatic rings. The van der Waals surface area contributed by atoms with Gasteiger partial charge in [0.25, 0.3) is 0 Å². The van der Waals surface area contributed by atoms with Crippen molar-refractivity contribution in [1.29, 1.82) is 0 Å². The van der Waals surface area contributed by atoms with Gasteiger partial charge in [-0.05, 0) is 36.4 Å². The Morgan fingerprint density at radius 3 is 2.36 bits per heavy atom. The zero-order valence-corrected chi connectivity index (χ0v) is 16.3. The van der Waals surface area contributed by atoms with E-state index in [1.165, 1.54) is 12.1 Å². The summed E-state index contributed by atoms with van der Waals surface area (Å²) in [5.74, 6) is -3.52. The summed E-state index contributed by atoms with van der Waals surface area (Å²) in [6, 6.07) is 11.9. The van der Waals surface area contributed by atoms with E-state index in [1.54, 1.807) is 11.0 Å². The summed E-state index contributed by atoms with van der Waals surface area (Å²) in [5.41, 5.74) is 1.11. The molecule has 28 heavy (non-hydrogen) atoms. The van der Waals surface area contributed by atoms with E-state index in [4.69, 9.17) is 11.6 Å². The zero-order chi connectivity index (χ0) is 20.3. The monoisotopic (exact) mass is 429 g/mol. The molecule has 0 unspecified atom stereocenters. The van der Waals surface area contributed by atoms with Crippen molar-refractivity contribution in [2.24, 2.45) is 0 Å². The van der Waals surface area contributed by atoms with Gasteiger partial charge in [0.1, 0.15) is 0 Å². The van der Waals surface area contributed by atoms with Gasteiger partial charge in [0.15, 0.2) is 0 Å². The number of piperazine rings is 1. The third-order valence-corrected chi connectivity index (χ3v) is 6.00. The number of carbonyl (C=O) groups is 1. The summed E-state index contributed by atoms with van der Waals surface area (Å²) in [7, 11) is -4.72. The highest BCUT2D eigenvalue weighted by Gasteiger charge is 2.27. The summed E-state index contributed by atoms with van der Waals surface area (Å²) < 4.78 is 48.5. The number of alkyl halides is 2. The Labute approximate surface area is 166 Å². The molecule has 0 aliphatic carbocycles. The Bertz CT molecular complexity index is 964. The van der Waals surface area contributed by atoms with Crippen LogP contribution in [0.1, 0.15) is 0 Å². The van der Waals surface area contributed by atoms with Crippen LogP contribution in [0, 0.1) is 0 Å². The number of hydrogen-bond donors (Lipinski definition) is 1. The number of rotatable bonds is 4. The maximum Gasteiger partial charge on any atom is 0.341 e. The van der Waals surface area contributed by atoms with Crippen molar-refractivity contribution in [3.8, 4) is 0 Å². The Hall–Kier alpha value is -2.39. The zero-order valence-electron chi connectivity index (χ0n) is 14.7. The standard InChI is InChI=1S/C18H18ClF2N3O3S/c19-13-3-1-5-15(11-13)23-7-9-24(10-8-23)18(25)22-14-4-2-6-16(12-14)28(26,27)17(20)21/h1-6,11-12,17H,7-10H2,(H,22,25). The van der Waals surface area contributed by atoms with Crippen molar-refractivity contribution >= 4 is 38.8 Å². The lowest BCUT2D eigenvalue weighted by molar-refractivity contribution is 0.208. The molecule has 0 aromatic heterocycles. The molecule has 1 heterocycles. The van der Waals surface area contributed by atoms with Crippen molar-refractivity contribution in [2.45, 2.75) is 10.7 Å². The van der Waals surface area contributed by atoms with E-state index in [9.17, 15) is 22.0 Å². The third-order valence-electron chi connectivity index (χ3n) is 4.39. The van der Waals surface area contributed by atoms with Crippen LogP contribution in [0.5, 0.6) is 0 Å². The molecule has 150 valence electrons. The van der Waals surface area contributed by atoms with Gasteiger partial charge in [-0.3, -0.25) is 0 Å². The number of carbonyl (C=O) groups excluding carboxylic acids is 1. The highest BCUT2D eigenvalue weighted by atomic mass is 35.5. The minimum Gasteiger partial charge on any atom is -0.368 e. The average Bonchev–Trinajstić information content (AvgIpc) is 2.68. The third kappa shape index (κ3) is 4.53. The molecule has 10 heteroatoms. The van der Waals surface area contributed by atoms with Gasteiger partial charge in [0, 0.05) is 42.6 Å². The van der Waals surface area contributed by atoms with E-state index in [1.807, 2.05) is 18.2 Å². The second kappa shape index (κ2) is 8.32. The molecule has 1 N–H and O–H groups in total. The molecule has 1 fully saturated rings. The maximum absolute atomic E-state index is 12.7. The van der Waals surface area contributed by atoms with Crippen LogP contribution in [0.3, 0.4) is 0 Å². The minimum absolute atomic E-state index is 0.143. The van der Waals surface area contributed by atoms with Gasteiger partial charge in [0.05, 0.1) is 4.90 Å². The molecule has 0 spiro atoms. The Morgan fingerprint density at radius 2 is 1.71 bits per heavy atom. The van der Waals surface area contributed by atoms with Crippen LogP contribution in [0.15, 0.2) is 53.4 Å². The van der Waals surface area contributed by atoms with Crippen LogP contribution < -0.4 is 10.2 Å². The first-order valence-electron chi connectivity index (χ1n) is 8.46. The van der Waals surface area contributed by atoms with Crippen LogP contribution in [0.2, 0.25) is 5.02 Å². The Balaban J connectivity index is 1.62. The highest BCUT2D eigenvalue weighted by molar-refractivity contribution is 7.91. The quantitative estimate of drug-likeness (QED) is 0.804. The fourth-order valence-corrected chi connectivity index (χ4v) is 3.85. The second-order valence-electron chi connectivity index (χ2n) is 6.22. The van der Waals surface area contributed by atoms with E-state index < -0.39 is 26.5 Å². The molecule has 1 saturated heterocycles. The van der Waals surface area contributed by atoms with Crippen molar-refractivity contribution in [3.63, 3.8) is 0 Å². The van der Waals surface area contributed by atoms with E-state index in [2.05, 4.69) is 10.2 Å². The summed E-state index contributed by atoms with van der Waals surface area (Å²) in [4.78, 5) is 15.6. The van der Waals surface area contributed by atoms with Gasteiger partial charge in [0.2, 0.25) is 9.84 Å². The number of benzene rings is 2. The second-order valence-corrected chi connectivity index (χ2v) is 8.57. The summed E-state index contributed by atoms with van der Waals surface area (Å²) in [6.45, 7) is 2.11. The first-order valence-corrected chi connectivity index (χ1v) is 10.4. The Kier molecular flexibility index (Phi) is 6.04. The molecule has 3 rings (SSSR count). The van der Waals surface area contributed by atoms with Crippen molar-refractivity contribution in [1.82, 2.24) is 4.90 Å². The summed E-state index contributed by atoms with van der Waals surface area (Å²) >= 11 is 6.01. The maximum atomic E-state index is 12.7. The predicted molar refractivity (Wildman–Crippen MR) is 104 cm³/mol. The lowest BCUT2D eigenvalue weighted by atomic mass is 10.2. The molecule has 1 aliphatic heterocycles. The number of halogens is 3. The average molecular weight is 430 g/mol. The van der Waals surface area contributed by atoms with Gasteiger partial charge in [-0.1, -0.05) is 23.7 Å². The molecule has 0 radical (unpaired) electrons. The van der Waals surface area contributed by atoms with Crippen LogP contribution in [-0.4, -0.2) is 51.3 Å². The van der Waals surface area contributed by atoms with Crippen LogP contribution in [0.4, 0.5) is 25.0 Å². The van der Waals surface area contributed by atoms with E-state index in [0.29, 0.717) is 31.2 Å². The van der Waals surface area contributed by atoms with Crippen molar-refractivity contribution in [3.05, 3.63) is 53.6 Å². The van der Waals surface area contributed by atoms with Crippen LogP contribution in [0.25, 0.3) is 0 Å². The predicted octanol–water partition coefficient (Wildman–Crippen LogP) is 3.69. The number of amides is 2. The lowest BCUT2D eigenvalue weighted by Gasteiger charge is -2.36. The molecule has 6 nitrogen and oxygen atoms in total. The molecule has 2 amide bonds. The van der Waals surface area contributed by atoms with E-state index in [-0.39, 0.29) is 5.69 Å². The summed E-state index contributed by atoms with van der Waals surface area (Å²) in [6.07, 6.45) is 0. The molecule has 0 bridgehead atoms. The molecule has 0 saturated carbocycles.